The number of nitrogens with zero attached hydrogens (tertiary/aromatic N) is 4. The van der Waals surface area contributed by atoms with E-state index in [9.17, 15) is 9.18 Å². The third-order valence-electron chi connectivity index (χ3n) is 4.08. The lowest BCUT2D eigenvalue weighted by Crippen LogP contribution is -2.34. The summed E-state index contributed by atoms with van der Waals surface area (Å²) in [7, 11) is 3.37. The number of aryl methyl sites for hydroxylation is 1. The zero-order valence-electron chi connectivity index (χ0n) is 16.0. The molecule has 28 heavy (non-hydrogen) atoms. The first-order valence-corrected chi connectivity index (χ1v) is 9.76. The van der Waals surface area contributed by atoms with Gasteiger partial charge in [-0.05, 0) is 36.8 Å². The highest BCUT2D eigenvalue weighted by molar-refractivity contribution is 7.98. The molecule has 0 radical (unpaired) electrons. The number of hydrogen-bond donors (Lipinski definition) is 1. The molecule has 3 rings (SSSR count). The number of rotatable bonds is 6. The lowest BCUT2D eigenvalue weighted by Gasteiger charge is -2.13. The van der Waals surface area contributed by atoms with E-state index < -0.39 is 0 Å². The normalized spacial score (nSPS) is 10.7. The smallest absolute Gasteiger partial charge is 0.317 e. The van der Waals surface area contributed by atoms with Gasteiger partial charge in [-0.3, -0.25) is 4.57 Å². The highest BCUT2D eigenvalue weighted by Crippen LogP contribution is 2.25. The molecule has 0 unspecified atom stereocenters. The zero-order valence-corrected chi connectivity index (χ0v) is 16.8. The Bertz CT molecular complexity index is 938. The molecule has 0 aliphatic heterocycles. The van der Waals surface area contributed by atoms with Gasteiger partial charge in [0, 0.05) is 25.5 Å². The Balaban J connectivity index is 1.85. The minimum Gasteiger partial charge on any atom is -0.331 e. The molecule has 0 atom stereocenters. The van der Waals surface area contributed by atoms with Gasteiger partial charge < -0.3 is 10.2 Å². The highest BCUT2D eigenvalue weighted by atomic mass is 32.2. The van der Waals surface area contributed by atoms with Crippen molar-refractivity contribution in [2.75, 3.05) is 14.1 Å². The molecule has 1 N–H and O–H groups in total. The monoisotopic (exact) mass is 399 g/mol. The lowest BCUT2D eigenvalue weighted by molar-refractivity contribution is 0.216. The van der Waals surface area contributed by atoms with Crippen LogP contribution < -0.4 is 5.32 Å². The van der Waals surface area contributed by atoms with Crippen molar-refractivity contribution >= 4 is 17.8 Å². The summed E-state index contributed by atoms with van der Waals surface area (Å²) in [6.45, 7) is 2.29. The van der Waals surface area contributed by atoms with Crippen LogP contribution in [0.15, 0.2) is 53.7 Å². The van der Waals surface area contributed by atoms with Crippen LogP contribution in [0.2, 0.25) is 0 Å². The van der Waals surface area contributed by atoms with Crippen LogP contribution in [0, 0.1) is 12.7 Å². The number of hydrogen-bond acceptors (Lipinski definition) is 4. The van der Waals surface area contributed by atoms with Crippen molar-refractivity contribution in [3.8, 4) is 5.69 Å². The molecule has 0 fully saturated rings. The summed E-state index contributed by atoms with van der Waals surface area (Å²) >= 11 is 1.51. The number of benzene rings is 2. The number of thioether (sulfide) groups is 1. The van der Waals surface area contributed by atoms with Crippen molar-refractivity contribution < 1.29 is 9.18 Å². The molecule has 8 heteroatoms. The fourth-order valence-corrected chi connectivity index (χ4v) is 3.43. The van der Waals surface area contributed by atoms with Crippen molar-refractivity contribution in [3.63, 3.8) is 0 Å². The molecular weight excluding hydrogens is 377 g/mol. The van der Waals surface area contributed by atoms with E-state index in [4.69, 9.17) is 0 Å². The number of nitrogens with one attached hydrogen (secondary N) is 1. The van der Waals surface area contributed by atoms with Crippen molar-refractivity contribution in [2.24, 2.45) is 0 Å². The van der Waals surface area contributed by atoms with Crippen molar-refractivity contribution in [1.29, 1.82) is 0 Å². The number of aromatic nitrogens is 3. The largest absolute Gasteiger partial charge is 0.331 e. The fourth-order valence-electron chi connectivity index (χ4n) is 2.50. The van der Waals surface area contributed by atoms with Gasteiger partial charge >= 0.3 is 6.03 Å². The molecule has 0 aliphatic carbocycles. The number of amides is 2. The molecule has 0 bridgehead atoms. The van der Waals surface area contributed by atoms with Gasteiger partial charge in [-0.1, -0.05) is 41.6 Å². The van der Waals surface area contributed by atoms with Gasteiger partial charge in [0.1, 0.15) is 5.82 Å². The molecule has 146 valence electrons. The predicted octanol–water partition coefficient (Wildman–Crippen LogP) is 3.78. The minimum absolute atomic E-state index is 0.195. The minimum atomic E-state index is -0.254. The highest BCUT2D eigenvalue weighted by Gasteiger charge is 2.16. The fraction of sp³-hybridized carbons (Fsp3) is 0.250. The Labute approximate surface area is 167 Å². The number of halogens is 1. The molecule has 1 heterocycles. The molecule has 0 saturated carbocycles. The third kappa shape index (κ3) is 4.89. The van der Waals surface area contributed by atoms with Gasteiger partial charge in [0.2, 0.25) is 0 Å². The van der Waals surface area contributed by atoms with E-state index in [-0.39, 0.29) is 18.4 Å². The summed E-state index contributed by atoms with van der Waals surface area (Å²) < 4.78 is 15.0. The lowest BCUT2D eigenvalue weighted by atomic mass is 10.2. The molecule has 1 aromatic heterocycles. The Morgan fingerprint density at radius 2 is 1.79 bits per heavy atom. The number of urea groups is 1. The summed E-state index contributed by atoms with van der Waals surface area (Å²) in [6, 6.07) is 14.2. The maximum atomic E-state index is 13.1. The standard InChI is InChI=1S/C20H22FN5OS/c1-14-4-10-17(11-5-14)26-18(12-22-19(27)25(2)3)23-24-20(26)28-13-15-6-8-16(21)9-7-15/h4-11H,12-13H2,1-3H3,(H,22,27). The summed E-state index contributed by atoms with van der Waals surface area (Å²) in [5.74, 6) is 1.02. The van der Waals surface area contributed by atoms with Crippen LogP contribution >= 0.6 is 11.8 Å². The first kappa shape index (κ1) is 19.9. The molecule has 0 spiro atoms. The first-order valence-electron chi connectivity index (χ1n) is 8.78. The molecule has 0 aliphatic rings. The topological polar surface area (TPSA) is 63.1 Å². The van der Waals surface area contributed by atoms with Crippen LogP contribution in [0.25, 0.3) is 5.69 Å². The van der Waals surface area contributed by atoms with Gasteiger partial charge in [-0.2, -0.15) is 0 Å². The molecule has 3 aromatic rings. The summed E-state index contributed by atoms with van der Waals surface area (Å²) in [5, 5.41) is 12.1. The van der Waals surface area contributed by atoms with Crippen LogP contribution in [-0.4, -0.2) is 39.8 Å². The SMILES string of the molecule is Cc1ccc(-n2c(CNC(=O)N(C)C)nnc2SCc2ccc(F)cc2)cc1. The second kappa shape index (κ2) is 8.88. The van der Waals surface area contributed by atoms with Crippen molar-refractivity contribution in [2.45, 2.75) is 24.4 Å². The average molecular weight is 399 g/mol. The molecule has 0 saturated heterocycles. The Morgan fingerprint density at radius 1 is 1.11 bits per heavy atom. The van der Waals surface area contributed by atoms with Crippen molar-refractivity contribution in [3.05, 3.63) is 71.3 Å². The van der Waals surface area contributed by atoms with Crippen LogP contribution in [0.5, 0.6) is 0 Å². The van der Waals surface area contributed by atoms with Gasteiger partial charge in [-0.25, -0.2) is 9.18 Å². The van der Waals surface area contributed by atoms with E-state index >= 15 is 0 Å². The maximum Gasteiger partial charge on any atom is 0.317 e. The second-order valence-corrected chi connectivity index (χ2v) is 7.48. The van der Waals surface area contributed by atoms with Crippen LogP contribution in [0.4, 0.5) is 9.18 Å². The molecule has 2 amide bonds. The van der Waals surface area contributed by atoms with Gasteiger partial charge in [0.05, 0.1) is 6.54 Å². The van der Waals surface area contributed by atoms with E-state index in [1.807, 2.05) is 35.8 Å². The molecular formula is C20H22FN5OS. The van der Waals surface area contributed by atoms with E-state index in [1.54, 1.807) is 26.2 Å². The number of carbonyl (C=O) groups is 1. The first-order chi connectivity index (χ1) is 13.4. The Kier molecular flexibility index (Phi) is 6.30. The summed E-state index contributed by atoms with van der Waals surface area (Å²) in [4.78, 5) is 13.3. The Hall–Kier alpha value is -2.87. The van der Waals surface area contributed by atoms with E-state index in [1.165, 1.54) is 28.8 Å². The van der Waals surface area contributed by atoms with Crippen LogP contribution in [0.1, 0.15) is 17.0 Å². The molecule has 2 aromatic carbocycles. The summed E-state index contributed by atoms with van der Waals surface area (Å²) in [6.07, 6.45) is 0. The van der Waals surface area contributed by atoms with Crippen LogP contribution in [-0.2, 0) is 12.3 Å². The van der Waals surface area contributed by atoms with Gasteiger partial charge in [-0.15, -0.1) is 10.2 Å². The Morgan fingerprint density at radius 3 is 2.43 bits per heavy atom. The average Bonchev–Trinajstić information content (AvgIpc) is 3.09. The predicted molar refractivity (Wildman–Crippen MR) is 108 cm³/mol. The van der Waals surface area contributed by atoms with E-state index in [0.717, 1.165) is 16.8 Å². The van der Waals surface area contributed by atoms with Gasteiger partial charge in [0.25, 0.3) is 0 Å². The molecule has 6 nitrogen and oxygen atoms in total. The quantitative estimate of drug-likeness (QED) is 0.641. The third-order valence-corrected chi connectivity index (χ3v) is 5.08. The van der Waals surface area contributed by atoms with E-state index in [0.29, 0.717) is 16.7 Å². The maximum absolute atomic E-state index is 13.1. The zero-order chi connectivity index (χ0) is 20.1. The van der Waals surface area contributed by atoms with Gasteiger partial charge in [0.15, 0.2) is 11.0 Å². The number of carbonyl (C=O) groups excluding carboxylic acids is 1. The summed E-state index contributed by atoms with van der Waals surface area (Å²) in [5.41, 5.74) is 3.07. The van der Waals surface area contributed by atoms with E-state index in [2.05, 4.69) is 15.5 Å². The van der Waals surface area contributed by atoms with Crippen LogP contribution in [0.3, 0.4) is 0 Å². The van der Waals surface area contributed by atoms with Crippen molar-refractivity contribution in [1.82, 2.24) is 25.0 Å². The second-order valence-electron chi connectivity index (χ2n) is 6.54.